The molecule has 0 aliphatic carbocycles. The van der Waals surface area contributed by atoms with E-state index in [0.717, 1.165) is 28.7 Å². The lowest BCUT2D eigenvalue weighted by molar-refractivity contribution is -0.534. The molecular weight excluding hydrogens is 516 g/mol. The maximum Gasteiger partial charge on any atom is 0.275 e. The number of nitrogens with zero attached hydrogens (tertiary/aromatic N) is 2. The lowest BCUT2D eigenvalue weighted by Crippen LogP contribution is -2.47. The number of hydrogen-bond acceptors (Lipinski definition) is 2. The van der Waals surface area contributed by atoms with Gasteiger partial charge in [0.1, 0.15) is 5.69 Å². The van der Waals surface area contributed by atoms with Crippen molar-refractivity contribution in [3.63, 3.8) is 0 Å². The van der Waals surface area contributed by atoms with Crippen molar-refractivity contribution in [3.8, 4) is 11.1 Å². The smallest absolute Gasteiger partial charge is 0.275 e. The number of hydrogen-bond donors (Lipinski definition) is 1. The number of halogens is 2. The van der Waals surface area contributed by atoms with E-state index < -0.39 is 5.72 Å². The Labute approximate surface area is 202 Å². The largest absolute Gasteiger partial charge is 0.346 e. The summed E-state index contributed by atoms with van der Waals surface area (Å²) in [4.78, 5) is 2.18. The van der Waals surface area contributed by atoms with Crippen molar-refractivity contribution in [3.05, 3.63) is 88.9 Å². The van der Waals surface area contributed by atoms with Crippen LogP contribution >= 0.6 is 32.9 Å². The molecule has 0 saturated carbocycles. The summed E-state index contributed by atoms with van der Waals surface area (Å²) in [6.45, 7) is 1.61. The van der Waals surface area contributed by atoms with Crippen LogP contribution in [0.25, 0.3) is 11.1 Å². The molecule has 0 fully saturated rings. The van der Waals surface area contributed by atoms with Crippen LogP contribution in [0, 0.1) is 0 Å². The minimum Gasteiger partial charge on any atom is -0.346 e. The summed E-state index contributed by atoms with van der Waals surface area (Å²) in [5, 5.41) is 12.0. The van der Waals surface area contributed by atoms with Crippen molar-refractivity contribution < 1.29 is 9.68 Å². The Morgan fingerprint density at radius 3 is 2.19 bits per heavy atom. The van der Waals surface area contributed by atoms with Gasteiger partial charge in [-0.1, -0.05) is 70.5 Å². The van der Waals surface area contributed by atoms with E-state index in [9.17, 15) is 5.11 Å². The molecule has 5 heteroatoms. The molecule has 31 heavy (non-hydrogen) atoms. The Balaban J connectivity index is 0.00000231. The molecule has 0 radical (unpaired) electrons. The highest BCUT2D eigenvalue weighted by atomic mass is 79.9. The lowest BCUT2D eigenvalue weighted by atomic mass is 9.99. The number of aliphatic hydroxyl groups is 1. The van der Waals surface area contributed by atoms with E-state index in [2.05, 4.69) is 73.9 Å². The van der Waals surface area contributed by atoms with Gasteiger partial charge in [-0.25, -0.2) is 0 Å². The summed E-state index contributed by atoms with van der Waals surface area (Å²) in [5.74, 6) is 1.24. The average Bonchev–Trinajstić information content (AvgIpc) is 2.90. The van der Waals surface area contributed by atoms with Gasteiger partial charge in [0.05, 0.1) is 6.54 Å². The molecule has 0 bridgehead atoms. The Kier molecular flexibility index (Phi) is 6.65. The molecule has 3 nitrogen and oxygen atoms in total. The third-order valence-electron chi connectivity index (χ3n) is 6.27. The molecule has 2 aliphatic rings. The lowest BCUT2D eigenvalue weighted by Gasteiger charge is -2.29. The molecule has 0 amide bonds. The number of rotatable bonds is 3. The minimum atomic E-state index is -1.07. The fourth-order valence-electron chi connectivity index (χ4n) is 4.76. The van der Waals surface area contributed by atoms with Gasteiger partial charge in [-0.15, -0.1) is 17.0 Å². The Morgan fingerprint density at radius 1 is 0.806 bits per heavy atom. The van der Waals surface area contributed by atoms with E-state index in [0.29, 0.717) is 6.54 Å². The van der Waals surface area contributed by atoms with Gasteiger partial charge in [-0.2, -0.15) is 4.90 Å². The first-order chi connectivity index (χ1) is 14.6. The third kappa shape index (κ3) is 4.23. The van der Waals surface area contributed by atoms with Crippen molar-refractivity contribution in [2.45, 2.75) is 31.4 Å². The molecule has 0 aromatic heterocycles. The summed E-state index contributed by atoms with van der Waals surface area (Å²) in [5.41, 5.74) is 3.30. The predicted octanol–water partition coefficient (Wildman–Crippen LogP) is 6.34. The molecule has 1 N–H and O–H groups in total. The number of benzene rings is 3. The van der Waals surface area contributed by atoms with Crippen molar-refractivity contribution in [1.82, 2.24) is 0 Å². The standard InChI is InChI=1S/C26H26BrN2O.BrH/c27-23-14-12-22(13-15-23)26(30)19-28-18-6-2-5-9-25(28)29(26)24-16-10-21(11-17-24)20-7-3-1-4-8-20;/h1,3-4,7-8,10-17,30H,2,5-6,9,18-19H2;1H/q+1;. The molecule has 0 saturated heterocycles. The molecule has 1 atom stereocenters. The van der Waals surface area contributed by atoms with E-state index in [1.807, 2.05) is 30.3 Å². The minimum absolute atomic E-state index is 0. The van der Waals surface area contributed by atoms with Crippen molar-refractivity contribution >= 4 is 44.4 Å². The zero-order valence-corrected chi connectivity index (χ0v) is 20.7. The van der Waals surface area contributed by atoms with Crippen LogP contribution in [0.3, 0.4) is 0 Å². The van der Waals surface area contributed by atoms with Gasteiger partial charge < -0.3 is 5.11 Å². The van der Waals surface area contributed by atoms with Crippen molar-refractivity contribution in [2.75, 3.05) is 18.0 Å². The molecular formula is C26H27Br2N2O+. The topological polar surface area (TPSA) is 26.5 Å². The molecule has 3 aromatic carbocycles. The Morgan fingerprint density at radius 2 is 1.48 bits per heavy atom. The second-order valence-corrected chi connectivity index (χ2v) is 9.14. The molecule has 3 aromatic rings. The molecule has 0 spiro atoms. The van der Waals surface area contributed by atoms with Crippen LogP contribution in [0.2, 0.25) is 0 Å². The summed E-state index contributed by atoms with van der Waals surface area (Å²) < 4.78 is 3.41. The van der Waals surface area contributed by atoms with Crippen LogP contribution < -0.4 is 4.90 Å². The van der Waals surface area contributed by atoms with E-state index in [4.69, 9.17) is 0 Å². The molecule has 160 valence electrons. The maximum absolute atomic E-state index is 12.0. The van der Waals surface area contributed by atoms with Gasteiger partial charge in [0, 0.05) is 16.5 Å². The molecule has 5 rings (SSSR count). The van der Waals surface area contributed by atoms with Crippen molar-refractivity contribution in [2.24, 2.45) is 0 Å². The number of anilines is 1. The summed E-state index contributed by atoms with van der Waals surface area (Å²) in [6.07, 6.45) is 4.60. The highest BCUT2D eigenvalue weighted by molar-refractivity contribution is 9.10. The van der Waals surface area contributed by atoms with Gasteiger partial charge in [-0.3, -0.25) is 4.58 Å². The molecule has 2 heterocycles. The first-order valence-corrected chi connectivity index (χ1v) is 11.5. The van der Waals surface area contributed by atoms with Crippen LogP contribution in [0.1, 0.15) is 31.2 Å². The quantitative estimate of drug-likeness (QED) is 0.390. The van der Waals surface area contributed by atoms with Crippen LogP contribution in [-0.2, 0) is 5.72 Å². The first kappa shape index (κ1) is 22.3. The fourth-order valence-corrected chi connectivity index (χ4v) is 5.02. The zero-order valence-electron chi connectivity index (χ0n) is 17.4. The zero-order chi connectivity index (χ0) is 20.6. The van der Waals surface area contributed by atoms with Gasteiger partial charge >= 0.3 is 0 Å². The SMILES string of the molecule is Br.OC1(c2ccc(Br)cc2)C[N+]2=C(CCCCC2)N1c1ccc(-c2ccccc2)cc1. The van der Waals surface area contributed by atoms with E-state index in [-0.39, 0.29) is 17.0 Å². The molecule has 1 unspecified atom stereocenters. The van der Waals surface area contributed by atoms with Crippen LogP contribution in [0.4, 0.5) is 5.69 Å². The van der Waals surface area contributed by atoms with Gasteiger partial charge in [0.25, 0.3) is 11.6 Å². The van der Waals surface area contributed by atoms with E-state index >= 15 is 0 Å². The van der Waals surface area contributed by atoms with Crippen LogP contribution in [0.15, 0.2) is 83.3 Å². The predicted molar refractivity (Wildman–Crippen MR) is 136 cm³/mol. The second kappa shape index (κ2) is 9.27. The third-order valence-corrected chi connectivity index (χ3v) is 6.80. The Hall–Kier alpha value is -1.95. The monoisotopic (exact) mass is 541 g/mol. The normalized spacial score (nSPS) is 20.8. The summed E-state index contributed by atoms with van der Waals surface area (Å²) in [7, 11) is 0. The van der Waals surface area contributed by atoms with Gasteiger partial charge in [0.2, 0.25) is 0 Å². The number of amidine groups is 1. The van der Waals surface area contributed by atoms with E-state index in [1.165, 1.54) is 36.2 Å². The average molecular weight is 543 g/mol. The highest BCUT2D eigenvalue weighted by Crippen LogP contribution is 2.38. The summed E-state index contributed by atoms with van der Waals surface area (Å²) in [6, 6.07) is 27.1. The molecule has 2 aliphatic heterocycles. The van der Waals surface area contributed by atoms with Crippen molar-refractivity contribution in [1.29, 1.82) is 0 Å². The first-order valence-electron chi connectivity index (χ1n) is 10.7. The van der Waals surface area contributed by atoms with Gasteiger partial charge in [-0.05, 0) is 54.7 Å². The van der Waals surface area contributed by atoms with E-state index in [1.54, 1.807) is 0 Å². The Bertz CT molecular complexity index is 1060. The van der Waals surface area contributed by atoms with Crippen LogP contribution in [-0.4, -0.2) is 28.6 Å². The fraction of sp³-hybridized carbons (Fsp3) is 0.269. The summed E-state index contributed by atoms with van der Waals surface area (Å²) >= 11 is 3.52. The second-order valence-electron chi connectivity index (χ2n) is 8.22. The van der Waals surface area contributed by atoms with Crippen LogP contribution in [0.5, 0.6) is 0 Å². The highest BCUT2D eigenvalue weighted by Gasteiger charge is 2.53. The van der Waals surface area contributed by atoms with Gasteiger partial charge in [0.15, 0.2) is 6.54 Å². The maximum atomic E-state index is 12.0.